The van der Waals surface area contributed by atoms with Gasteiger partial charge >= 0.3 is 0 Å². The lowest BCUT2D eigenvalue weighted by Gasteiger charge is -2.49. The Labute approximate surface area is 137 Å². The number of nitrogens with zero attached hydrogens (tertiary/aromatic N) is 4. The lowest BCUT2D eigenvalue weighted by atomic mass is 9.73. The van der Waals surface area contributed by atoms with E-state index in [0.717, 1.165) is 22.9 Å². The van der Waals surface area contributed by atoms with E-state index in [1.807, 2.05) is 11.0 Å². The largest absolute Gasteiger partial charge is 0.369 e. The number of para-hydroxylation sites is 1. The Balaban J connectivity index is 1.52. The van der Waals surface area contributed by atoms with E-state index >= 15 is 0 Å². The average molecular weight is 331 g/mol. The van der Waals surface area contributed by atoms with Gasteiger partial charge in [-0.3, -0.25) is 4.90 Å². The van der Waals surface area contributed by atoms with E-state index in [2.05, 4.69) is 9.88 Å². The molecule has 120 valence electrons. The summed E-state index contributed by atoms with van der Waals surface area (Å²) in [5, 5.41) is 0.750. The molecule has 4 aliphatic rings. The third-order valence-electron chi connectivity index (χ3n) is 5.48. The summed E-state index contributed by atoms with van der Waals surface area (Å²) in [5.74, 6) is 0.845. The molecule has 1 unspecified atom stereocenters. The molecule has 3 fully saturated rings. The van der Waals surface area contributed by atoms with Crippen LogP contribution < -0.4 is 10.6 Å². The lowest BCUT2D eigenvalue weighted by molar-refractivity contribution is 0.0390. The van der Waals surface area contributed by atoms with Gasteiger partial charge in [-0.1, -0.05) is 17.4 Å². The molecular weight excluding hydrogens is 313 g/mol. The fraction of sp³-hybridized carbons (Fsp3) is 0.500. The summed E-state index contributed by atoms with van der Waals surface area (Å²) in [5.41, 5.74) is 6.56. The fourth-order valence-electron chi connectivity index (χ4n) is 4.31. The predicted molar refractivity (Wildman–Crippen MR) is 90.4 cm³/mol. The van der Waals surface area contributed by atoms with Crippen molar-refractivity contribution in [3.05, 3.63) is 24.0 Å². The zero-order valence-electron chi connectivity index (χ0n) is 12.7. The molecule has 1 atom stereocenters. The number of aliphatic imine (C=N–C) groups is 1. The number of anilines is 1. The highest BCUT2D eigenvalue weighted by molar-refractivity contribution is 7.22. The van der Waals surface area contributed by atoms with Gasteiger partial charge in [0.25, 0.3) is 0 Å². The van der Waals surface area contributed by atoms with Crippen LogP contribution in [0, 0.1) is 11.7 Å². The van der Waals surface area contributed by atoms with Crippen LogP contribution >= 0.6 is 11.3 Å². The van der Waals surface area contributed by atoms with Gasteiger partial charge in [-0.05, 0) is 44.0 Å². The van der Waals surface area contributed by atoms with Gasteiger partial charge < -0.3 is 10.6 Å². The Bertz CT molecular complexity index is 810. The van der Waals surface area contributed by atoms with Crippen molar-refractivity contribution in [2.75, 3.05) is 31.1 Å². The third kappa shape index (κ3) is 1.93. The number of fused-ring (bicyclic) bond motifs is 3. The molecule has 4 aliphatic heterocycles. The van der Waals surface area contributed by atoms with E-state index in [9.17, 15) is 4.39 Å². The Morgan fingerprint density at radius 2 is 2.09 bits per heavy atom. The van der Waals surface area contributed by atoms with Gasteiger partial charge in [-0.15, -0.1) is 0 Å². The van der Waals surface area contributed by atoms with E-state index in [-0.39, 0.29) is 11.4 Å². The number of benzene rings is 1. The number of rotatable bonds is 1. The molecule has 3 saturated heterocycles. The predicted octanol–water partition coefficient (Wildman–Crippen LogP) is 2.03. The first-order chi connectivity index (χ1) is 11.1. The summed E-state index contributed by atoms with van der Waals surface area (Å²) >= 11 is 1.48. The summed E-state index contributed by atoms with van der Waals surface area (Å²) in [6, 6.07) is 5.06. The van der Waals surface area contributed by atoms with Gasteiger partial charge in [0.15, 0.2) is 11.1 Å². The Morgan fingerprint density at radius 1 is 1.26 bits per heavy atom. The van der Waals surface area contributed by atoms with Crippen LogP contribution in [0.4, 0.5) is 9.52 Å². The highest BCUT2D eigenvalue weighted by atomic mass is 32.1. The van der Waals surface area contributed by atoms with E-state index in [0.29, 0.717) is 17.4 Å². The molecule has 7 heteroatoms. The summed E-state index contributed by atoms with van der Waals surface area (Å²) in [6.07, 6.45) is 2.39. The second-order valence-corrected chi connectivity index (χ2v) is 7.80. The molecule has 1 aromatic carbocycles. The zero-order chi connectivity index (χ0) is 15.6. The standard InChI is InChI=1S/C16H18FN5S/c17-11-2-1-3-12-13(11)19-15(23-12)22-9-16(20-14(22)18)8-21-6-4-10(16)5-7-21/h1-3,10H,4-9H2,(H2,18,20). The maximum absolute atomic E-state index is 13.9. The van der Waals surface area contributed by atoms with E-state index in [4.69, 9.17) is 10.7 Å². The van der Waals surface area contributed by atoms with Crippen LogP contribution in [0.1, 0.15) is 12.8 Å². The normalized spacial score (nSPS) is 32.9. The molecule has 6 rings (SSSR count). The molecule has 2 aromatic rings. The topological polar surface area (TPSA) is 57.8 Å². The van der Waals surface area contributed by atoms with Gasteiger partial charge in [0.2, 0.25) is 0 Å². The van der Waals surface area contributed by atoms with Gasteiger partial charge in [-0.25, -0.2) is 14.4 Å². The van der Waals surface area contributed by atoms with Crippen molar-refractivity contribution < 1.29 is 4.39 Å². The Hall–Kier alpha value is -1.73. The monoisotopic (exact) mass is 331 g/mol. The maximum Gasteiger partial charge on any atom is 0.198 e. The summed E-state index contributed by atoms with van der Waals surface area (Å²) in [7, 11) is 0. The molecule has 1 spiro atoms. The number of hydrogen-bond donors (Lipinski definition) is 1. The Kier molecular flexibility index (Phi) is 2.76. The highest BCUT2D eigenvalue weighted by Crippen LogP contribution is 2.43. The highest BCUT2D eigenvalue weighted by Gasteiger charge is 2.51. The maximum atomic E-state index is 13.9. The second-order valence-electron chi connectivity index (χ2n) is 6.79. The smallest absolute Gasteiger partial charge is 0.198 e. The minimum absolute atomic E-state index is 0.100. The fourth-order valence-corrected chi connectivity index (χ4v) is 5.30. The van der Waals surface area contributed by atoms with Crippen molar-refractivity contribution in [3.63, 3.8) is 0 Å². The number of piperidine rings is 3. The van der Waals surface area contributed by atoms with Crippen molar-refractivity contribution in [1.82, 2.24) is 9.88 Å². The van der Waals surface area contributed by atoms with Crippen LogP contribution in [0.15, 0.2) is 23.2 Å². The third-order valence-corrected chi connectivity index (χ3v) is 6.52. The van der Waals surface area contributed by atoms with Crippen molar-refractivity contribution in [2.45, 2.75) is 18.4 Å². The minimum atomic E-state index is -0.280. The van der Waals surface area contributed by atoms with Crippen molar-refractivity contribution in [1.29, 1.82) is 0 Å². The molecule has 0 amide bonds. The van der Waals surface area contributed by atoms with Crippen LogP contribution in [-0.2, 0) is 0 Å². The van der Waals surface area contributed by atoms with Gasteiger partial charge in [0.05, 0.1) is 16.8 Å². The molecule has 0 saturated carbocycles. The minimum Gasteiger partial charge on any atom is -0.369 e. The number of guanidine groups is 1. The van der Waals surface area contributed by atoms with E-state index < -0.39 is 0 Å². The number of halogens is 1. The zero-order valence-corrected chi connectivity index (χ0v) is 13.5. The first-order valence-corrected chi connectivity index (χ1v) is 8.87. The van der Waals surface area contributed by atoms with E-state index in [1.54, 1.807) is 6.07 Å². The molecule has 23 heavy (non-hydrogen) atoms. The number of nitrogens with two attached hydrogens (primary N) is 1. The van der Waals surface area contributed by atoms with Crippen LogP contribution in [0.2, 0.25) is 0 Å². The van der Waals surface area contributed by atoms with E-state index in [1.165, 1.54) is 43.3 Å². The SMILES string of the molecule is NC1=NC2(CN3CCC2CC3)CN1c1nc2c(F)cccc2s1. The lowest BCUT2D eigenvalue weighted by Crippen LogP contribution is -2.60. The molecule has 5 heterocycles. The molecule has 0 aliphatic carbocycles. The number of hydrogen-bond acceptors (Lipinski definition) is 6. The molecule has 2 bridgehead atoms. The van der Waals surface area contributed by atoms with Gasteiger partial charge in [0.1, 0.15) is 11.3 Å². The summed E-state index contributed by atoms with van der Waals surface area (Å²) < 4.78 is 14.8. The van der Waals surface area contributed by atoms with Gasteiger partial charge in [-0.2, -0.15) is 0 Å². The van der Waals surface area contributed by atoms with Crippen LogP contribution in [-0.4, -0.2) is 47.6 Å². The quantitative estimate of drug-likeness (QED) is 0.869. The summed E-state index contributed by atoms with van der Waals surface area (Å²) in [4.78, 5) is 13.8. The van der Waals surface area contributed by atoms with Crippen LogP contribution in [0.25, 0.3) is 10.2 Å². The first-order valence-electron chi connectivity index (χ1n) is 8.05. The number of thiazole rings is 1. The average Bonchev–Trinajstić information content (AvgIpc) is 3.11. The van der Waals surface area contributed by atoms with Crippen LogP contribution in [0.5, 0.6) is 0 Å². The van der Waals surface area contributed by atoms with Crippen molar-refractivity contribution in [2.24, 2.45) is 16.6 Å². The Morgan fingerprint density at radius 3 is 2.78 bits per heavy atom. The second kappa shape index (κ2) is 4.64. The van der Waals surface area contributed by atoms with Crippen LogP contribution in [0.3, 0.4) is 0 Å². The number of aromatic nitrogens is 1. The molecule has 0 radical (unpaired) electrons. The molecule has 2 N–H and O–H groups in total. The van der Waals surface area contributed by atoms with Crippen molar-refractivity contribution >= 4 is 32.6 Å². The molecule has 5 nitrogen and oxygen atoms in total. The van der Waals surface area contributed by atoms with Gasteiger partial charge in [0, 0.05) is 6.54 Å². The summed E-state index contributed by atoms with van der Waals surface area (Å²) in [6.45, 7) is 4.10. The molecule has 1 aromatic heterocycles. The molecular formula is C16H18FN5S. The first kappa shape index (κ1) is 13.7. The van der Waals surface area contributed by atoms with Crippen molar-refractivity contribution in [3.8, 4) is 0 Å².